The van der Waals surface area contributed by atoms with Gasteiger partial charge in [0.05, 0.1) is 11.2 Å². The highest BCUT2D eigenvalue weighted by atomic mass is 79.9. The number of nitrogens with zero attached hydrogens (tertiary/aromatic N) is 2. The van der Waals surface area contributed by atoms with Crippen molar-refractivity contribution >= 4 is 49.2 Å². The Morgan fingerprint density at radius 2 is 1.81 bits per heavy atom. The number of benzene rings is 2. The van der Waals surface area contributed by atoms with Gasteiger partial charge in [0.15, 0.2) is 5.16 Å². The van der Waals surface area contributed by atoms with Crippen LogP contribution in [0.2, 0.25) is 0 Å². The summed E-state index contributed by atoms with van der Waals surface area (Å²) >= 11 is 6.51. The Bertz CT molecular complexity index is 1090. The molecule has 2 heterocycles. The van der Waals surface area contributed by atoms with Crippen LogP contribution in [0.25, 0.3) is 15.9 Å². The molecule has 0 saturated carbocycles. The van der Waals surface area contributed by atoms with E-state index in [1.165, 1.54) is 16.9 Å². The van der Waals surface area contributed by atoms with Crippen molar-refractivity contribution in [1.82, 2.24) is 9.55 Å². The fourth-order valence-electron chi connectivity index (χ4n) is 2.71. The van der Waals surface area contributed by atoms with Crippen LogP contribution < -0.4 is 5.56 Å². The van der Waals surface area contributed by atoms with Crippen molar-refractivity contribution in [1.29, 1.82) is 0 Å². The second-order valence-corrected chi connectivity index (χ2v) is 8.62. The van der Waals surface area contributed by atoms with Crippen LogP contribution in [0, 0.1) is 0 Å². The molecule has 0 saturated heterocycles. The lowest BCUT2D eigenvalue weighted by Gasteiger charge is -2.12. The third-order valence-electron chi connectivity index (χ3n) is 4.00. The van der Waals surface area contributed by atoms with Gasteiger partial charge in [-0.25, -0.2) is 4.98 Å². The van der Waals surface area contributed by atoms with Gasteiger partial charge in [0, 0.05) is 10.2 Å². The maximum atomic E-state index is 13.0. The lowest BCUT2D eigenvalue weighted by Crippen LogP contribution is -2.21. The molecule has 0 spiro atoms. The molecule has 2 aromatic carbocycles. The van der Waals surface area contributed by atoms with E-state index in [4.69, 9.17) is 4.98 Å². The molecule has 0 amide bonds. The van der Waals surface area contributed by atoms with Crippen molar-refractivity contribution in [3.05, 3.63) is 86.4 Å². The SMILES string of the molecule is O=c1c2sccc2nc(SCCc2ccccc2)n1-c1ccc(Br)cc1. The smallest absolute Gasteiger partial charge is 0.267 e. The summed E-state index contributed by atoms with van der Waals surface area (Å²) in [6.45, 7) is 0. The standard InChI is InChI=1S/C20H15BrN2OS2/c21-15-6-8-16(9-7-15)23-19(24)18-17(11-13-25-18)22-20(23)26-12-10-14-4-2-1-3-5-14/h1-9,11,13H,10,12H2. The first-order valence-corrected chi connectivity index (χ1v) is 10.8. The molecule has 130 valence electrons. The van der Waals surface area contributed by atoms with Gasteiger partial charge in [0.25, 0.3) is 5.56 Å². The molecule has 3 nitrogen and oxygen atoms in total. The van der Waals surface area contributed by atoms with E-state index in [1.54, 1.807) is 16.3 Å². The van der Waals surface area contributed by atoms with E-state index in [-0.39, 0.29) is 5.56 Å². The third kappa shape index (κ3) is 3.63. The van der Waals surface area contributed by atoms with Crippen LogP contribution in [0.15, 0.2) is 80.5 Å². The molecule has 26 heavy (non-hydrogen) atoms. The second kappa shape index (κ2) is 7.78. The number of rotatable bonds is 5. The maximum Gasteiger partial charge on any atom is 0.276 e. The zero-order chi connectivity index (χ0) is 17.9. The summed E-state index contributed by atoms with van der Waals surface area (Å²) in [7, 11) is 0. The van der Waals surface area contributed by atoms with Gasteiger partial charge in [-0.05, 0) is 47.7 Å². The van der Waals surface area contributed by atoms with Crippen molar-refractivity contribution in [3.8, 4) is 5.69 Å². The van der Waals surface area contributed by atoms with Gasteiger partial charge < -0.3 is 0 Å². The minimum atomic E-state index is -0.00506. The van der Waals surface area contributed by atoms with Gasteiger partial charge >= 0.3 is 0 Å². The average molecular weight is 443 g/mol. The Balaban J connectivity index is 1.71. The molecule has 2 aromatic heterocycles. The molecule has 0 aliphatic rings. The molecule has 4 rings (SSSR count). The van der Waals surface area contributed by atoms with E-state index in [2.05, 4.69) is 28.1 Å². The Morgan fingerprint density at radius 3 is 2.58 bits per heavy atom. The topological polar surface area (TPSA) is 34.9 Å². The highest BCUT2D eigenvalue weighted by Gasteiger charge is 2.14. The van der Waals surface area contributed by atoms with E-state index in [0.29, 0.717) is 4.70 Å². The van der Waals surface area contributed by atoms with E-state index in [9.17, 15) is 4.79 Å². The number of hydrogen-bond donors (Lipinski definition) is 0. The minimum Gasteiger partial charge on any atom is -0.267 e. The Hall–Kier alpha value is -1.89. The molecule has 6 heteroatoms. The Kier molecular flexibility index (Phi) is 5.24. The summed E-state index contributed by atoms with van der Waals surface area (Å²) in [6, 6.07) is 20.0. The van der Waals surface area contributed by atoms with Crippen molar-refractivity contribution < 1.29 is 0 Å². The molecular weight excluding hydrogens is 428 g/mol. The zero-order valence-corrected chi connectivity index (χ0v) is 17.0. The van der Waals surface area contributed by atoms with E-state index in [0.717, 1.165) is 33.0 Å². The first kappa shape index (κ1) is 17.5. The maximum absolute atomic E-state index is 13.0. The Labute approximate surface area is 167 Å². The number of thiophene rings is 1. The van der Waals surface area contributed by atoms with Gasteiger partial charge in [-0.3, -0.25) is 9.36 Å². The minimum absolute atomic E-state index is 0.00506. The molecular formula is C20H15BrN2OS2. The van der Waals surface area contributed by atoms with Crippen LogP contribution >= 0.6 is 39.0 Å². The van der Waals surface area contributed by atoms with Gasteiger partial charge in [-0.1, -0.05) is 58.0 Å². The first-order valence-electron chi connectivity index (χ1n) is 8.15. The predicted molar refractivity (Wildman–Crippen MR) is 114 cm³/mol. The van der Waals surface area contributed by atoms with Crippen molar-refractivity contribution in [2.24, 2.45) is 0 Å². The molecule has 0 unspecified atom stereocenters. The number of aromatic nitrogens is 2. The van der Waals surface area contributed by atoms with E-state index >= 15 is 0 Å². The number of halogens is 1. The van der Waals surface area contributed by atoms with Crippen molar-refractivity contribution in [2.45, 2.75) is 11.6 Å². The molecule has 0 aliphatic heterocycles. The summed E-state index contributed by atoms with van der Waals surface area (Å²) in [6.07, 6.45) is 0.934. The quantitative estimate of drug-likeness (QED) is 0.300. The molecule has 0 atom stereocenters. The van der Waals surface area contributed by atoms with Crippen LogP contribution in [-0.4, -0.2) is 15.3 Å². The lowest BCUT2D eigenvalue weighted by atomic mass is 10.2. The normalized spacial score (nSPS) is 11.1. The number of aryl methyl sites for hydroxylation is 1. The highest BCUT2D eigenvalue weighted by Crippen LogP contribution is 2.25. The second-order valence-electron chi connectivity index (χ2n) is 5.73. The number of thioether (sulfide) groups is 1. The van der Waals surface area contributed by atoms with Crippen LogP contribution in [0.3, 0.4) is 0 Å². The summed E-state index contributed by atoms with van der Waals surface area (Å²) < 4.78 is 3.40. The van der Waals surface area contributed by atoms with E-state index < -0.39 is 0 Å². The van der Waals surface area contributed by atoms with Gasteiger partial charge in [0.2, 0.25) is 0 Å². The predicted octanol–water partition coefficient (Wildman–Crippen LogP) is 5.54. The number of fused-ring (bicyclic) bond motifs is 1. The first-order chi connectivity index (χ1) is 12.7. The molecule has 0 aliphatic carbocycles. The largest absolute Gasteiger partial charge is 0.276 e. The van der Waals surface area contributed by atoms with Gasteiger partial charge in [-0.15, -0.1) is 11.3 Å². The zero-order valence-electron chi connectivity index (χ0n) is 13.8. The molecule has 0 fully saturated rings. The Morgan fingerprint density at radius 1 is 1.04 bits per heavy atom. The average Bonchev–Trinajstić information content (AvgIpc) is 3.13. The van der Waals surface area contributed by atoms with Crippen LogP contribution in [0.1, 0.15) is 5.56 Å². The highest BCUT2D eigenvalue weighted by molar-refractivity contribution is 9.10. The summed E-state index contributed by atoms with van der Waals surface area (Å²) in [5.41, 5.74) is 2.89. The van der Waals surface area contributed by atoms with Crippen LogP contribution in [0.4, 0.5) is 0 Å². The molecule has 0 bridgehead atoms. The van der Waals surface area contributed by atoms with Crippen molar-refractivity contribution in [2.75, 3.05) is 5.75 Å². The summed E-state index contributed by atoms with van der Waals surface area (Å²) in [4.78, 5) is 17.8. The van der Waals surface area contributed by atoms with Gasteiger partial charge in [0.1, 0.15) is 4.70 Å². The fourth-order valence-corrected chi connectivity index (χ4v) is 4.74. The van der Waals surface area contributed by atoms with Gasteiger partial charge in [-0.2, -0.15) is 0 Å². The lowest BCUT2D eigenvalue weighted by molar-refractivity contribution is 0.821. The monoisotopic (exact) mass is 442 g/mol. The third-order valence-corrected chi connectivity index (χ3v) is 6.36. The molecule has 0 radical (unpaired) electrons. The fraction of sp³-hybridized carbons (Fsp3) is 0.100. The van der Waals surface area contributed by atoms with Crippen LogP contribution in [0.5, 0.6) is 0 Å². The molecule has 0 N–H and O–H groups in total. The molecule has 4 aromatic rings. The number of hydrogen-bond acceptors (Lipinski definition) is 4. The summed E-state index contributed by atoms with van der Waals surface area (Å²) in [5, 5.41) is 2.66. The van der Waals surface area contributed by atoms with Crippen LogP contribution in [-0.2, 0) is 6.42 Å². The van der Waals surface area contributed by atoms with Crippen molar-refractivity contribution in [3.63, 3.8) is 0 Å². The van der Waals surface area contributed by atoms with E-state index in [1.807, 2.05) is 53.9 Å². The summed E-state index contributed by atoms with van der Waals surface area (Å²) in [5.74, 6) is 0.864.